The van der Waals surface area contributed by atoms with Crippen LogP contribution in [0.5, 0.6) is 0 Å². The van der Waals surface area contributed by atoms with Gasteiger partial charge in [0.2, 0.25) is 5.91 Å². The molecule has 15 heavy (non-hydrogen) atoms. The third kappa shape index (κ3) is 3.49. The van der Waals surface area contributed by atoms with E-state index in [0.717, 1.165) is 12.8 Å². The van der Waals surface area contributed by atoms with Crippen molar-refractivity contribution in [3.05, 3.63) is 0 Å². The van der Waals surface area contributed by atoms with Crippen molar-refractivity contribution in [3.8, 4) is 0 Å². The molecule has 1 amide bonds. The molecule has 0 radical (unpaired) electrons. The van der Waals surface area contributed by atoms with Crippen LogP contribution in [-0.4, -0.2) is 18.5 Å². The Morgan fingerprint density at radius 3 is 2.33 bits per heavy atom. The predicted molar refractivity (Wildman–Crippen MR) is 62.4 cm³/mol. The van der Waals surface area contributed by atoms with E-state index >= 15 is 0 Å². The molecule has 0 aromatic carbocycles. The fraction of sp³-hybridized carbons (Fsp3) is 0.917. The van der Waals surface area contributed by atoms with Crippen molar-refractivity contribution >= 4 is 5.91 Å². The van der Waals surface area contributed by atoms with Crippen LogP contribution in [0.15, 0.2) is 0 Å². The Labute approximate surface area is 92.8 Å². The predicted octanol–water partition coefficient (Wildman–Crippen LogP) is 1.67. The third-order valence-electron chi connectivity index (χ3n) is 3.32. The summed E-state index contributed by atoms with van der Waals surface area (Å²) in [7, 11) is 0. The second-order valence-corrected chi connectivity index (χ2v) is 5.64. The quantitative estimate of drug-likeness (QED) is 0.747. The number of hydrogen-bond acceptors (Lipinski definition) is 2. The summed E-state index contributed by atoms with van der Waals surface area (Å²) in [5.74, 6) is 0.444. The van der Waals surface area contributed by atoms with Gasteiger partial charge in [-0.2, -0.15) is 0 Å². The van der Waals surface area contributed by atoms with Crippen LogP contribution >= 0.6 is 0 Å². The Morgan fingerprint density at radius 1 is 1.40 bits per heavy atom. The second kappa shape index (κ2) is 4.97. The van der Waals surface area contributed by atoms with Gasteiger partial charge in [0.05, 0.1) is 0 Å². The molecule has 3 N–H and O–H groups in total. The number of amides is 1. The van der Waals surface area contributed by atoms with Crippen LogP contribution in [0, 0.1) is 11.3 Å². The topological polar surface area (TPSA) is 55.1 Å². The number of nitrogens with two attached hydrogens (primary N) is 1. The van der Waals surface area contributed by atoms with Gasteiger partial charge in [-0.3, -0.25) is 4.79 Å². The maximum atomic E-state index is 11.9. The Bertz CT molecular complexity index is 214. The lowest BCUT2D eigenvalue weighted by molar-refractivity contribution is -0.126. The average molecular weight is 212 g/mol. The van der Waals surface area contributed by atoms with Crippen molar-refractivity contribution in [1.29, 1.82) is 0 Å². The molecule has 0 aliphatic heterocycles. The van der Waals surface area contributed by atoms with Crippen LogP contribution in [-0.2, 0) is 4.79 Å². The van der Waals surface area contributed by atoms with E-state index in [2.05, 4.69) is 26.1 Å². The molecule has 3 nitrogen and oxygen atoms in total. The molecule has 0 aromatic heterocycles. The third-order valence-corrected chi connectivity index (χ3v) is 3.32. The largest absolute Gasteiger partial charge is 0.351 e. The maximum Gasteiger partial charge on any atom is 0.223 e. The summed E-state index contributed by atoms with van der Waals surface area (Å²) >= 11 is 0. The van der Waals surface area contributed by atoms with E-state index in [1.165, 1.54) is 12.8 Å². The first-order valence-corrected chi connectivity index (χ1v) is 5.95. The highest BCUT2D eigenvalue weighted by Gasteiger charge is 2.29. The molecule has 88 valence electrons. The van der Waals surface area contributed by atoms with Crippen molar-refractivity contribution in [3.63, 3.8) is 0 Å². The van der Waals surface area contributed by atoms with Crippen LogP contribution in [0.4, 0.5) is 0 Å². The molecule has 0 aromatic rings. The molecule has 3 heteroatoms. The summed E-state index contributed by atoms with van der Waals surface area (Å²) in [5, 5.41) is 3.08. The number of hydrogen-bond donors (Lipinski definition) is 2. The van der Waals surface area contributed by atoms with E-state index in [9.17, 15) is 4.79 Å². The van der Waals surface area contributed by atoms with Gasteiger partial charge < -0.3 is 11.1 Å². The Kier molecular flexibility index (Phi) is 4.14. The number of carbonyl (C=O) groups excluding carboxylic acids is 1. The van der Waals surface area contributed by atoms with E-state index < -0.39 is 0 Å². The van der Waals surface area contributed by atoms with E-state index in [-0.39, 0.29) is 23.3 Å². The average Bonchev–Trinajstić information content (AvgIpc) is 2.64. The van der Waals surface area contributed by atoms with Gasteiger partial charge in [0, 0.05) is 18.5 Å². The van der Waals surface area contributed by atoms with Gasteiger partial charge in [-0.1, -0.05) is 33.6 Å². The number of carbonyl (C=O) groups is 1. The van der Waals surface area contributed by atoms with E-state index in [1.54, 1.807) is 0 Å². The zero-order valence-electron chi connectivity index (χ0n) is 10.2. The molecular weight excluding hydrogens is 188 g/mol. The summed E-state index contributed by atoms with van der Waals surface area (Å²) in [4.78, 5) is 11.9. The molecule has 1 aliphatic carbocycles. The van der Waals surface area contributed by atoms with Gasteiger partial charge in [0.1, 0.15) is 0 Å². The smallest absolute Gasteiger partial charge is 0.223 e. The lowest BCUT2D eigenvalue weighted by Crippen LogP contribution is -2.49. The zero-order chi connectivity index (χ0) is 11.5. The van der Waals surface area contributed by atoms with E-state index in [1.807, 2.05) is 0 Å². The Hall–Kier alpha value is -0.570. The van der Waals surface area contributed by atoms with Crippen LogP contribution in [0.25, 0.3) is 0 Å². The van der Waals surface area contributed by atoms with Gasteiger partial charge in [-0.15, -0.1) is 0 Å². The second-order valence-electron chi connectivity index (χ2n) is 5.64. The minimum atomic E-state index is 0.0447. The highest BCUT2D eigenvalue weighted by atomic mass is 16.1. The fourth-order valence-corrected chi connectivity index (χ4v) is 2.11. The molecule has 1 fully saturated rings. The molecule has 0 saturated heterocycles. The maximum absolute atomic E-state index is 11.9. The lowest BCUT2D eigenvalue weighted by atomic mass is 9.86. The molecule has 1 saturated carbocycles. The van der Waals surface area contributed by atoms with Gasteiger partial charge >= 0.3 is 0 Å². The van der Waals surface area contributed by atoms with Gasteiger partial charge in [-0.25, -0.2) is 0 Å². The molecule has 1 atom stereocenters. The minimum Gasteiger partial charge on any atom is -0.351 e. The summed E-state index contributed by atoms with van der Waals surface area (Å²) in [6, 6.07) is 0.0885. The van der Waals surface area contributed by atoms with Crippen LogP contribution in [0.1, 0.15) is 46.5 Å². The van der Waals surface area contributed by atoms with Crippen molar-refractivity contribution < 1.29 is 4.79 Å². The molecule has 1 aliphatic rings. The minimum absolute atomic E-state index is 0.0447. The van der Waals surface area contributed by atoms with Crippen LogP contribution < -0.4 is 11.1 Å². The molecule has 0 bridgehead atoms. The molecule has 1 rings (SSSR count). The fourth-order valence-electron chi connectivity index (χ4n) is 2.11. The number of rotatable bonds is 3. The first-order chi connectivity index (χ1) is 6.95. The van der Waals surface area contributed by atoms with Crippen LogP contribution in [0.3, 0.4) is 0 Å². The monoisotopic (exact) mass is 212 g/mol. The molecule has 0 spiro atoms. The van der Waals surface area contributed by atoms with Gasteiger partial charge in [0.25, 0.3) is 0 Å². The summed E-state index contributed by atoms with van der Waals surface area (Å²) in [6.07, 6.45) is 4.49. The number of nitrogens with one attached hydrogen (secondary N) is 1. The summed E-state index contributed by atoms with van der Waals surface area (Å²) in [5.41, 5.74) is 5.74. The van der Waals surface area contributed by atoms with E-state index in [0.29, 0.717) is 6.54 Å². The highest BCUT2D eigenvalue weighted by Crippen LogP contribution is 2.26. The molecule has 0 heterocycles. The van der Waals surface area contributed by atoms with Gasteiger partial charge in [0.15, 0.2) is 0 Å². The Balaban J connectivity index is 2.47. The van der Waals surface area contributed by atoms with Crippen molar-refractivity contribution in [2.45, 2.75) is 52.5 Å². The van der Waals surface area contributed by atoms with Crippen molar-refractivity contribution in [2.24, 2.45) is 17.1 Å². The van der Waals surface area contributed by atoms with Crippen molar-refractivity contribution in [1.82, 2.24) is 5.32 Å². The highest BCUT2D eigenvalue weighted by molar-refractivity contribution is 5.79. The Morgan fingerprint density at radius 2 is 1.93 bits per heavy atom. The SMILES string of the molecule is CC(C)(C)C(CN)NC(=O)C1CCCC1. The van der Waals surface area contributed by atoms with Gasteiger partial charge in [-0.05, 0) is 18.3 Å². The first kappa shape index (κ1) is 12.5. The molecule has 1 unspecified atom stereocenters. The zero-order valence-corrected chi connectivity index (χ0v) is 10.2. The summed E-state index contributed by atoms with van der Waals surface area (Å²) < 4.78 is 0. The lowest BCUT2D eigenvalue weighted by Gasteiger charge is -2.31. The van der Waals surface area contributed by atoms with Crippen molar-refractivity contribution in [2.75, 3.05) is 6.54 Å². The van der Waals surface area contributed by atoms with Crippen LogP contribution in [0.2, 0.25) is 0 Å². The molecular formula is C12H24N2O. The normalized spacial score (nSPS) is 20.3. The first-order valence-electron chi connectivity index (χ1n) is 5.95. The standard InChI is InChI=1S/C12H24N2O/c1-12(2,3)10(8-13)14-11(15)9-6-4-5-7-9/h9-10H,4-8,13H2,1-3H3,(H,14,15). The van der Waals surface area contributed by atoms with E-state index in [4.69, 9.17) is 5.73 Å². The summed E-state index contributed by atoms with van der Waals surface area (Å²) in [6.45, 7) is 6.85.